The molecule has 1 aromatic carbocycles. The minimum Gasteiger partial charge on any atom is -0.342 e. The molecular weight excluding hydrogens is 428 g/mol. The Kier molecular flexibility index (Phi) is 5.77. The van der Waals surface area contributed by atoms with Gasteiger partial charge < -0.3 is 10.6 Å². The summed E-state index contributed by atoms with van der Waals surface area (Å²) in [4.78, 5) is 50.9. The van der Waals surface area contributed by atoms with Crippen LogP contribution in [0.4, 0.5) is 5.69 Å². The second-order valence-electron chi connectivity index (χ2n) is 9.23. The standard InChI is InChI=1S/C23H26N4O4S/c1-23(2,3)13-7-8-16-12(9-13)10-17(32-16)21(30)24-11-18(28)25-15-6-4-5-14-19(15)22(31)27-26-20(14)29/h4-6,10,13H,7-9,11H2,1-3H3,(H,24,30)(H,25,28)(H,26,29)(H,27,31). The number of anilines is 1. The molecule has 0 radical (unpaired) electrons. The van der Waals surface area contributed by atoms with Crippen molar-refractivity contribution in [2.75, 3.05) is 11.9 Å². The smallest absolute Gasteiger partial charge is 0.272 e. The van der Waals surface area contributed by atoms with Crippen molar-refractivity contribution < 1.29 is 9.59 Å². The molecule has 0 saturated heterocycles. The minimum absolute atomic E-state index is 0.0928. The summed E-state index contributed by atoms with van der Waals surface area (Å²) in [6.45, 7) is 6.51. The average Bonchev–Trinajstić information content (AvgIpc) is 3.18. The number of amides is 2. The van der Waals surface area contributed by atoms with Gasteiger partial charge in [0.2, 0.25) is 5.91 Å². The number of thiophene rings is 1. The van der Waals surface area contributed by atoms with Crippen LogP contribution in [0, 0.1) is 11.3 Å². The number of hydrogen-bond donors (Lipinski definition) is 4. The Morgan fingerprint density at radius 2 is 1.91 bits per heavy atom. The SMILES string of the molecule is CC(C)(C)C1CCc2sc(C(=O)NCC(=O)Nc3cccc4c(=O)[nH][nH]c(=O)c34)cc2C1. The largest absolute Gasteiger partial charge is 0.342 e. The molecule has 2 aromatic heterocycles. The van der Waals surface area contributed by atoms with E-state index in [9.17, 15) is 19.2 Å². The highest BCUT2D eigenvalue weighted by atomic mass is 32.1. The van der Waals surface area contributed by atoms with Crippen molar-refractivity contribution in [2.24, 2.45) is 11.3 Å². The van der Waals surface area contributed by atoms with Gasteiger partial charge in [-0.1, -0.05) is 26.8 Å². The van der Waals surface area contributed by atoms with E-state index in [0.29, 0.717) is 10.8 Å². The van der Waals surface area contributed by atoms with Gasteiger partial charge in [0.05, 0.1) is 27.9 Å². The molecule has 3 aromatic rings. The number of aryl methyl sites for hydroxylation is 1. The van der Waals surface area contributed by atoms with E-state index in [1.54, 1.807) is 6.07 Å². The van der Waals surface area contributed by atoms with Crippen molar-refractivity contribution in [1.29, 1.82) is 0 Å². The third-order valence-corrected chi connectivity index (χ3v) is 7.28. The monoisotopic (exact) mass is 454 g/mol. The van der Waals surface area contributed by atoms with Gasteiger partial charge in [0.1, 0.15) is 0 Å². The molecule has 8 nitrogen and oxygen atoms in total. The highest BCUT2D eigenvalue weighted by Gasteiger charge is 2.30. The van der Waals surface area contributed by atoms with E-state index in [2.05, 4.69) is 41.6 Å². The average molecular weight is 455 g/mol. The summed E-state index contributed by atoms with van der Waals surface area (Å²) in [6, 6.07) is 6.56. The number of carbonyl (C=O) groups excluding carboxylic acids is 2. The zero-order valence-electron chi connectivity index (χ0n) is 18.3. The number of H-pyrrole nitrogens is 2. The third kappa shape index (κ3) is 4.38. The van der Waals surface area contributed by atoms with Gasteiger partial charge in [-0.15, -0.1) is 11.3 Å². The first-order valence-electron chi connectivity index (χ1n) is 10.6. The van der Waals surface area contributed by atoms with Crippen LogP contribution in [-0.4, -0.2) is 28.6 Å². The molecule has 1 aliphatic carbocycles. The Morgan fingerprint density at radius 1 is 1.16 bits per heavy atom. The number of aromatic nitrogens is 2. The highest BCUT2D eigenvalue weighted by molar-refractivity contribution is 7.14. The van der Waals surface area contributed by atoms with Gasteiger partial charge in [0, 0.05) is 4.88 Å². The topological polar surface area (TPSA) is 124 Å². The zero-order valence-corrected chi connectivity index (χ0v) is 19.1. The van der Waals surface area contributed by atoms with Crippen LogP contribution >= 0.6 is 11.3 Å². The Labute approximate surface area is 188 Å². The summed E-state index contributed by atoms with van der Waals surface area (Å²) >= 11 is 1.49. The molecule has 2 heterocycles. The molecule has 1 aliphatic rings. The lowest BCUT2D eigenvalue weighted by molar-refractivity contribution is -0.115. The van der Waals surface area contributed by atoms with Crippen molar-refractivity contribution in [3.05, 3.63) is 60.3 Å². The van der Waals surface area contributed by atoms with E-state index in [0.717, 1.165) is 19.3 Å². The Bertz CT molecular complexity index is 1310. The van der Waals surface area contributed by atoms with E-state index in [1.165, 1.54) is 33.9 Å². The van der Waals surface area contributed by atoms with E-state index in [1.807, 2.05) is 6.07 Å². The molecule has 1 unspecified atom stereocenters. The van der Waals surface area contributed by atoms with Gasteiger partial charge in [-0.3, -0.25) is 29.4 Å². The van der Waals surface area contributed by atoms with Crippen LogP contribution in [-0.2, 0) is 17.6 Å². The summed E-state index contributed by atoms with van der Waals surface area (Å²) in [5.74, 6) is -0.193. The van der Waals surface area contributed by atoms with Crippen LogP contribution in [0.25, 0.3) is 10.8 Å². The van der Waals surface area contributed by atoms with Crippen molar-refractivity contribution in [1.82, 2.24) is 15.5 Å². The first-order chi connectivity index (χ1) is 15.1. The third-order valence-electron chi connectivity index (χ3n) is 6.04. The Hall–Kier alpha value is -3.20. The first kappa shape index (κ1) is 22.0. The van der Waals surface area contributed by atoms with E-state index < -0.39 is 17.0 Å². The summed E-state index contributed by atoms with van der Waals surface area (Å²) in [5.41, 5.74) is 0.704. The van der Waals surface area contributed by atoms with Crippen molar-refractivity contribution >= 4 is 39.6 Å². The lowest BCUT2D eigenvalue weighted by Gasteiger charge is -2.33. The maximum atomic E-state index is 12.6. The molecule has 2 amide bonds. The van der Waals surface area contributed by atoms with Crippen LogP contribution in [0.15, 0.2) is 33.9 Å². The molecule has 9 heteroatoms. The maximum Gasteiger partial charge on any atom is 0.272 e. The lowest BCUT2D eigenvalue weighted by Crippen LogP contribution is -2.33. The molecule has 4 N–H and O–H groups in total. The quantitative estimate of drug-likeness (QED) is 0.484. The molecule has 4 rings (SSSR count). The molecule has 0 saturated carbocycles. The number of nitrogens with one attached hydrogen (secondary N) is 4. The zero-order chi connectivity index (χ0) is 23.0. The first-order valence-corrected chi connectivity index (χ1v) is 11.4. The predicted octanol–water partition coefficient (Wildman–Crippen LogP) is 2.80. The molecule has 0 spiro atoms. The lowest BCUT2D eigenvalue weighted by atomic mass is 9.72. The fourth-order valence-corrected chi connectivity index (χ4v) is 5.28. The van der Waals surface area contributed by atoms with Crippen LogP contribution in [0.1, 0.15) is 47.3 Å². The van der Waals surface area contributed by atoms with Crippen LogP contribution in [0.2, 0.25) is 0 Å². The molecule has 0 aliphatic heterocycles. The fourth-order valence-electron chi connectivity index (χ4n) is 4.15. The van der Waals surface area contributed by atoms with Crippen molar-refractivity contribution in [3.63, 3.8) is 0 Å². The number of carbonyl (C=O) groups is 2. The van der Waals surface area contributed by atoms with Crippen LogP contribution < -0.4 is 21.8 Å². The van der Waals surface area contributed by atoms with Gasteiger partial charge >= 0.3 is 0 Å². The summed E-state index contributed by atoms with van der Waals surface area (Å²) in [7, 11) is 0. The van der Waals surface area contributed by atoms with Crippen molar-refractivity contribution in [2.45, 2.75) is 40.0 Å². The normalized spacial score (nSPS) is 15.9. The fraction of sp³-hybridized carbons (Fsp3) is 0.391. The second-order valence-corrected chi connectivity index (χ2v) is 10.4. The van der Waals surface area contributed by atoms with Crippen LogP contribution in [0.5, 0.6) is 0 Å². The molecule has 1 atom stereocenters. The van der Waals surface area contributed by atoms with E-state index in [-0.39, 0.29) is 34.3 Å². The molecule has 32 heavy (non-hydrogen) atoms. The molecule has 0 fully saturated rings. The number of benzene rings is 1. The van der Waals surface area contributed by atoms with E-state index >= 15 is 0 Å². The summed E-state index contributed by atoms with van der Waals surface area (Å²) < 4.78 is 0. The number of rotatable bonds is 4. The Morgan fingerprint density at radius 3 is 2.66 bits per heavy atom. The Balaban J connectivity index is 1.42. The second kappa shape index (κ2) is 8.38. The molecule has 168 valence electrons. The van der Waals surface area contributed by atoms with Crippen molar-refractivity contribution in [3.8, 4) is 0 Å². The highest BCUT2D eigenvalue weighted by Crippen LogP contribution is 2.40. The number of fused-ring (bicyclic) bond motifs is 2. The minimum atomic E-state index is -0.516. The van der Waals surface area contributed by atoms with Gasteiger partial charge in [-0.2, -0.15) is 0 Å². The number of aromatic amines is 2. The summed E-state index contributed by atoms with van der Waals surface area (Å²) in [6.07, 6.45) is 3.07. The molecule has 0 bridgehead atoms. The van der Waals surface area contributed by atoms with Gasteiger partial charge in [-0.05, 0) is 54.4 Å². The van der Waals surface area contributed by atoms with Crippen LogP contribution in [0.3, 0.4) is 0 Å². The maximum absolute atomic E-state index is 12.6. The number of hydrogen-bond acceptors (Lipinski definition) is 5. The van der Waals surface area contributed by atoms with Gasteiger partial charge in [0.25, 0.3) is 17.0 Å². The van der Waals surface area contributed by atoms with Gasteiger partial charge in [0.15, 0.2) is 0 Å². The molecular formula is C23H26N4O4S. The summed E-state index contributed by atoms with van der Waals surface area (Å²) in [5, 5.41) is 10.0. The van der Waals surface area contributed by atoms with E-state index in [4.69, 9.17) is 0 Å². The predicted molar refractivity (Wildman–Crippen MR) is 125 cm³/mol. The van der Waals surface area contributed by atoms with Gasteiger partial charge in [-0.25, -0.2) is 0 Å².